The van der Waals surface area contributed by atoms with Crippen LogP contribution in [0.4, 0.5) is 0 Å². The molecule has 0 aromatic heterocycles. The second kappa shape index (κ2) is 15.6. The zero-order valence-electron chi connectivity index (χ0n) is 19.0. The number of ether oxygens (including phenoxy) is 1. The van der Waals surface area contributed by atoms with Gasteiger partial charge in [-0.05, 0) is 24.1 Å². The van der Waals surface area contributed by atoms with Gasteiger partial charge in [0.05, 0.1) is 12.8 Å². The van der Waals surface area contributed by atoms with Gasteiger partial charge in [0.1, 0.15) is 12.4 Å². The molecule has 0 unspecified atom stereocenters. The van der Waals surface area contributed by atoms with Gasteiger partial charge in [0, 0.05) is 12.0 Å². The van der Waals surface area contributed by atoms with E-state index in [2.05, 4.69) is 22.8 Å². The molecule has 0 aliphatic rings. The predicted molar refractivity (Wildman–Crippen MR) is 129 cm³/mol. The maximum atomic E-state index is 11.9. The van der Waals surface area contributed by atoms with Crippen LogP contribution < -0.4 is 15.5 Å². The Morgan fingerprint density at radius 3 is 2.34 bits per heavy atom. The van der Waals surface area contributed by atoms with E-state index >= 15 is 0 Å². The highest BCUT2D eigenvalue weighted by Crippen LogP contribution is 2.17. The molecule has 2 aromatic rings. The molecule has 6 nitrogen and oxygen atoms in total. The van der Waals surface area contributed by atoms with Crippen LogP contribution >= 0.6 is 0 Å². The van der Waals surface area contributed by atoms with Crippen LogP contribution in [0.5, 0.6) is 5.75 Å². The van der Waals surface area contributed by atoms with Crippen molar-refractivity contribution in [2.45, 2.75) is 64.9 Å². The van der Waals surface area contributed by atoms with Crippen LogP contribution in [0, 0.1) is 0 Å². The molecule has 0 aliphatic carbocycles. The Morgan fingerprint density at radius 1 is 0.875 bits per heavy atom. The Morgan fingerprint density at radius 2 is 1.56 bits per heavy atom. The summed E-state index contributed by atoms with van der Waals surface area (Å²) in [6, 6.07) is 17.4. The lowest BCUT2D eigenvalue weighted by Gasteiger charge is -2.09. The average Bonchev–Trinajstić information content (AvgIpc) is 2.82. The van der Waals surface area contributed by atoms with Gasteiger partial charge in [0.15, 0.2) is 0 Å². The fraction of sp³-hybridized carbons (Fsp3) is 0.423. The second-order valence-electron chi connectivity index (χ2n) is 7.75. The van der Waals surface area contributed by atoms with Crippen LogP contribution in [-0.2, 0) is 16.2 Å². The molecule has 2 N–H and O–H groups in total. The SMILES string of the molecule is CCCCCCCCCC(=O)NCC(=O)N/N=C/c1ccccc1OCc1ccccc1. The minimum absolute atomic E-state index is 0.0845. The first-order chi connectivity index (χ1) is 15.7. The molecule has 6 heteroatoms. The summed E-state index contributed by atoms with van der Waals surface area (Å²) in [5.74, 6) is 0.214. The number of rotatable bonds is 15. The zero-order valence-corrected chi connectivity index (χ0v) is 19.0. The van der Waals surface area contributed by atoms with Crippen LogP contribution in [0.2, 0.25) is 0 Å². The summed E-state index contributed by atoms with van der Waals surface area (Å²) < 4.78 is 5.87. The number of para-hydroxylation sites is 1. The van der Waals surface area contributed by atoms with E-state index in [1.54, 1.807) is 6.21 Å². The van der Waals surface area contributed by atoms with Crippen molar-refractivity contribution < 1.29 is 14.3 Å². The third-order valence-corrected chi connectivity index (χ3v) is 5.00. The van der Waals surface area contributed by atoms with Crippen LogP contribution in [-0.4, -0.2) is 24.6 Å². The van der Waals surface area contributed by atoms with Gasteiger partial charge in [-0.15, -0.1) is 0 Å². The van der Waals surface area contributed by atoms with E-state index < -0.39 is 0 Å². The summed E-state index contributed by atoms with van der Waals surface area (Å²) in [5.41, 5.74) is 4.27. The number of benzene rings is 2. The molecule has 172 valence electrons. The van der Waals surface area contributed by atoms with E-state index in [0.29, 0.717) is 18.8 Å². The fourth-order valence-electron chi connectivity index (χ4n) is 3.18. The molecule has 0 heterocycles. The van der Waals surface area contributed by atoms with Crippen molar-refractivity contribution in [3.63, 3.8) is 0 Å². The van der Waals surface area contributed by atoms with Crippen LogP contribution in [0.1, 0.15) is 69.4 Å². The van der Waals surface area contributed by atoms with Crippen LogP contribution in [0.25, 0.3) is 0 Å². The van der Waals surface area contributed by atoms with Crippen molar-refractivity contribution in [3.05, 3.63) is 65.7 Å². The summed E-state index contributed by atoms with van der Waals surface area (Å²) in [4.78, 5) is 23.8. The molecular weight excluding hydrogens is 402 g/mol. The number of nitrogens with zero attached hydrogens (tertiary/aromatic N) is 1. The summed E-state index contributed by atoms with van der Waals surface area (Å²) in [5, 5.41) is 6.63. The molecule has 0 radical (unpaired) electrons. The molecular formula is C26H35N3O3. The van der Waals surface area contributed by atoms with Gasteiger partial charge in [-0.25, -0.2) is 5.43 Å². The highest BCUT2D eigenvalue weighted by Gasteiger charge is 2.05. The monoisotopic (exact) mass is 437 g/mol. The minimum atomic E-state index is -0.364. The topological polar surface area (TPSA) is 79.8 Å². The van der Waals surface area contributed by atoms with Gasteiger partial charge < -0.3 is 10.1 Å². The predicted octanol–water partition coefficient (Wildman–Crippen LogP) is 4.97. The summed E-state index contributed by atoms with van der Waals surface area (Å²) in [6.07, 6.45) is 10.1. The van der Waals surface area contributed by atoms with Crippen molar-refractivity contribution in [2.75, 3.05) is 6.54 Å². The maximum Gasteiger partial charge on any atom is 0.259 e. The Labute approximate surface area is 191 Å². The minimum Gasteiger partial charge on any atom is -0.488 e. The standard InChI is InChI=1S/C26H35N3O3/c1-2-3-4-5-6-7-11-18-25(30)27-20-26(31)29-28-19-23-16-12-13-17-24(23)32-21-22-14-9-8-10-15-22/h8-10,12-17,19H,2-7,11,18,20-21H2,1H3,(H,27,30)(H,29,31)/b28-19+. The fourth-order valence-corrected chi connectivity index (χ4v) is 3.18. The van der Waals surface area contributed by atoms with E-state index in [1.807, 2.05) is 54.6 Å². The molecule has 2 aromatic carbocycles. The molecule has 0 saturated heterocycles. The van der Waals surface area contributed by atoms with Gasteiger partial charge >= 0.3 is 0 Å². The van der Waals surface area contributed by atoms with Crippen molar-refractivity contribution in [1.82, 2.24) is 10.7 Å². The number of unbranched alkanes of at least 4 members (excludes halogenated alkanes) is 6. The number of amides is 2. The van der Waals surface area contributed by atoms with E-state index in [9.17, 15) is 9.59 Å². The van der Waals surface area contributed by atoms with Crippen LogP contribution in [0.15, 0.2) is 59.7 Å². The maximum absolute atomic E-state index is 11.9. The highest BCUT2D eigenvalue weighted by molar-refractivity contribution is 5.87. The lowest BCUT2D eigenvalue weighted by molar-refractivity contribution is -0.126. The average molecular weight is 438 g/mol. The van der Waals surface area contributed by atoms with Gasteiger partial charge in [0.25, 0.3) is 5.91 Å². The molecule has 0 spiro atoms. The second-order valence-corrected chi connectivity index (χ2v) is 7.75. The molecule has 0 bridgehead atoms. The molecule has 2 amide bonds. The van der Waals surface area contributed by atoms with Gasteiger partial charge in [-0.3, -0.25) is 9.59 Å². The zero-order chi connectivity index (χ0) is 22.9. The van der Waals surface area contributed by atoms with E-state index in [-0.39, 0.29) is 18.4 Å². The van der Waals surface area contributed by atoms with Crippen molar-refractivity contribution in [1.29, 1.82) is 0 Å². The third-order valence-electron chi connectivity index (χ3n) is 5.00. The Kier molecular flexibility index (Phi) is 12.3. The van der Waals surface area contributed by atoms with Gasteiger partial charge in [-0.1, -0.05) is 87.9 Å². The highest BCUT2D eigenvalue weighted by atomic mass is 16.5. The van der Waals surface area contributed by atoms with Gasteiger partial charge in [-0.2, -0.15) is 5.10 Å². The summed E-state index contributed by atoms with van der Waals surface area (Å²) in [6.45, 7) is 2.56. The first kappa shape index (κ1) is 25.1. The molecule has 0 atom stereocenters. The van der Waals surface area contributed by atoms with E-state index in [1.165, 1.54) is 32.1 Å². The Hall–Kier alpha value is -3.15. The number of hydrogen-bond donors (Lipinski definition) is 2. The molecule has 0 fully saturated rings. The summed E-state index contributed by atoms with van der Waals surface area (Å²) in [7, 11) is 0. The smallest absolute Gasteiger partial charge is 0.259 e. The first-order valence-corrected chi connectivity index (χ1v) is 11.5. The first-order valence-electron chi connectivity index (χ1n) is 11.5. The van der Waals surface area contributed by atoms with Crippen molar-refractivity contribution in [3.8, 4) is 5.75 Å². The number of nitrogens with one attached hydrogen (secondary N) is 2. The molecule has 0 saturated carbocycles. The third kappa shape index (κ3) is 10.8. The number of carbonyl (C=O) groups is 2. The van der Waals surface area contributed by atoms with E-state index in [4.69, 9.17) is 4.74 Å². The summed E-state index contributed by atoms with van der Waals surface area (Å²) >= 11 is 0. The largest absolute Gasteiger partial charge is 0.488 e. The molecule has 2 rings (SSSR count). The van der Waals surface area contributed by atoms with Gasteiger partial charge in [0.2, 0.25) is 5.91 Å². The van der Waals surface area contributed by atoms with Crippen molar-refractivity contribution >= 4 is 18.0 Å². The van der Waals surface area contributed by atoms with E-state index in [0.717, 1.165) is 24.0 Å². The number of carbonyl (C=O) groups excluding carboxylic acids is 2. The molecule has 0 aliphatic heterocycles. The quantitative estimate of drug-likeness (QED) is 0.234. The Bertz CT molecular complexity index is 837. The lowest BCUT2D eigenvalue weighted by Crippen LogP contribution is -2.34. The number of hydrogen-bond acceptors (Lipinski definition) is 4. The molecule has 32 heavy (non-hydrogen) atoms. The number of hydrazone groups is 1. The normalized spacial score (nSPS) is 10.8. The van der Waals surface area contributed by atoms with Crippen LogP contribution in [0.3, 0.4) is 0 Å². The Balaban J connectivity index is 1.65. The van der Waals surface area contributed by atoms with Crippen molar-refractivity contribution in [2.24, 2.45) is 5.10 Å². The lowest BCUT2D eigenvalue weighted by atomic mass is 10.1.